The maximum absolute atomic E-state index is 8.80. The van der Waals surface area contributed by atoms with Gasteiger partial charge in [0, 0.05) is 0 Å². The smallest absolute Gasteiger partial charge is 0.401 e. The Morgan fingerprint density at radius 2 is 2.00 bits per heavy atom. The molecule has 0 saturated carbocycles. The number of rotatable bonds is 4. The van der Waals surface area contributed by atoms with Gasteiger partial charge in [0.2, 0.25) is 0 Å². The van der Waals surface area contributed by atoms with Gasteiger partial charge in [-0.15, -0.1) is 0 Å². The van der Waals surface area contributed by atoms with Crippen LogP contribution in [0.5, 0.6) is 0 Å². The van der Waals surface area contributed by atoms with Crippen molar-refractivity contribution in [2.45, 2.75) is 13.5 Å². The highest BCUT2D eigenvalue weighted by atomic mass is 16.7. The van der Waals surface area contributed by atoms with Crippen LogP contribution in [-0.2, 0) is 16.0 Å². The monoisotopic (exact) mass is 181 g/mol. The quantitative estimate of drug-likeness (QED) is 0.520. The average molecular weight is 181 g/mol. The van der Waals surface area contributed by atoms with Gasteiger partial charge < -0.3 is 14.4 Å². The zero-order chi connectivity index (χ0) is 9.68. The second-order valence-electron chi connectivity index (χ2n) is 2.74. The molecule has 0 radical (unpaired) electrons. The fourth-order valence-corrected chi connectivity index (χ4v) is 0.891. The first-order valence-electron chi connectivity index (χ1n) is 3.93. The number of hydrogen-bond acceptors (Lipinski definition) is 4. The van der Waals surface area contributed by atoms with E-state index in [1.807, 2.05) is 31.2 Å². The molecule has 1 rings (SSSR count). The number of hydrogen-bond donors (Lipinski definition) is 2. The standard InChI is InChI=1S/C8H12BNO3/c1-7-2-4-8(5-3-7)6-12-9(11)13-10/h2-5,11H,6,10H2,1H3. The molecule has 0 aliphatic rings. The summed E-state index contributed by atoms with van der Waals surface area (Å²) in [5.74, 6) is 4.69. The fraction of sp³-hybridized carbons (Fsp3) is 0.250. The predicted octanol–water partition coefficient (Wildman–Crippen LogP) is 0.379. The van der Waals surface area contributed by atoms with Crippen molar-refractivity contribution in [3.63, 3.8) is 0 Å². The molecule has 1 aromatic rings. The van der Waals surface area contributed by atoms with E-state index >= 15 is 0 Å². The molecular weight excluding hydrogens is 169 g/mol. The van der Waals surface area contributed by atoms with Crippen LogP contribution in [0.3, 0.4) is 0 Å². The van der Waals surface area contributed by atoms with Gasteiger partial charge in [0.25, 0.3) is 0 Å². The fourth-order valence-electron chi connectivity index (χ4n) is 0.891. The number of nitrogens with two attached hydrogens (primary N) is 1. The van der Waals surface area contributed by atoms with Crippen molar-refractivity contribution in [2.24, 2.45) is 5.90 Å². The van der Waals surface area contributed by atoms with E-state index in [-0.39, 0.29) is 6.61 Å². The lowest BCUT2D eigenvalue weighted by molar-refractivity contribution is 0.127. The van der Waals surface area contributed by atoms with Gasteiger partial charge in [-0.3, -0.25) is 0 Å². The first kappa shape index (κ1) is 10.2. The summed E-state index contributed by atoms with van der Waals surface area (Å²) in [4.78, 5) is 0. The Hall–Kier alpha value is -0.875. The molecule has 0 amide bonds. The normalized spacial score (nSPS) is 10.1. The second-order valence-corrected chi connectivity index (χ2v) is 2.74. The SMILES string of the molecule is Cc1ccc(COB(O)ON)cc1. The summed E-state index contributed by atoms with van der Waals surface area (Å²) in [6.07, 6.45) is 0. The molecule has 0 spiro atoms. The van der Waals surface area contributed by atoms with Crippen molar-refractivity contribution in [3.05, 3.63) is 35.4 Å². The van der Waals surface area contributed by atoms with Crippen LogP contribution in [-0.4, -0.2) is 12.3 Å². The molecule has 0 saturated heterocycles. The van der Waals surface area contributed by atoms with Crippen LogP contribution in [0.2, 0.25) is 0 Å². The number of aryl methyl sites for hydroxylation is 1. The van der Waals surface area contributed by atoms with E-state index < -0.39 is 7.32 Å². The average Bonchev–Trinajstić information content (AvgIpc) is 2.16. The van der Waals surface area contributed by atoms with Gasteiger partial charge in [-0.2, -0.15) is 0 Å². The lowest BCUT2D eigenvalue weighted by Gasteiger charge is -2.04. The van der Waals surface area contributed by atoms with Crippen molar-refractivity contribution >= 4 is 7.32 Å². The topological polar surface area (TPSA) is 64.7 Å². The van der Waals surface area contributed by atoms with Crippen molar-refractivity contribution in [2.75, 3.05) is 0 Å². The second kappa shape index (κ2) is 4.99. The molecule has 0 fully saturated rings. The highest BCUT2D eigenvalue weighted by molar-refractivity contribution is 6.34. The molecule has 4 nitrogen and oxygen atoms in total. The molecule has 5 heteroatoms. The molecule has 3 N–H and O–H groups in total. The van der Waals surface area contributed by atoms with Crippen molar-refractivity contribution < 1.29 is 14.4 Å². The van der Waals surface area contributed by atoms with Crippen molar-refractivity contribution in [1.82, 2.24) is 0 Å². The van der Waals surface area contributed by atoms with E-state index in [4.69, 9.17) is 9.68 Å². The molecular formula is C8H12BNO3. The summed E-state index contributed by atoms with van der Waals surface area (Å²) in [5, 5.41) is 8.80. The maximum Gasteiger partial charge on any atom is 0.654 e. The van der Waals surface area contributed by atoms with E-state index in [1.54, 1.807) is 0 Å². The Morgan fingerprint density at radius 1 is 1.38 bits per heavy atom. The Morgan fingerprint density at radius 3 is 2.54 bits per heavy atom. The van der Waals surface area contributed by atoms with Crippen molar-refractivity contribution in [1.29, 1.82) is 0 Å². The molecule has 0 aromatic heterocycles. The summed E-state index contributed by atoms with van der Waals surface area (Å²) >= 11 is 0. The van der Waals surface area contributed by atoms with Crippen LogP contribution in [0.1, 0.15) is 11.1 Å². The molecule has 0 bridgehead atoms. The minimum Gasteiger partial charge on any atom is -0.401 e. The largest absolute Gasteiger partial charge is 0.654 e. The zero-order valence-electron chi connectivity index (χ0n) is 7.43. The van der Waals surface area contributed by atoms with Gasteiger partial charge >= 0.3 is 7.32 Å². The van der Waals surface area contributed by atoms with Gasteiger partial charge in [0.15, 0.2) is 0 Å². The van der Waals surface area contributed by atoms with Crippen LogP contribution in [0.25, 0.3) is 0 Å². The van der Waals surface area contributed by atoms with Crippen LogP contribution < -0.4 is 5.90 Å². The minimum absolute atomic E-state index is 0.276. The van der Waals surface area contributed by atoms with E-state index in [0.717, 1.165) is 5.56 Å². The zero-order valence-corrected chi connectivity index (χ0v) is 7.43. The van der Waals surface area contributed by atoms with Gasteiger partial charge in [0.05, 0.1) is 6.61 Å². The molecule has 0 heterocycles. The molecule has 1 aromatic carbocycles. The third-order valence-corrected chi connectivity index (χ3v) is 1.63. The molecule has 0 unspecified atom stereocenters. The van der Waals surface area contributed by atoms with Crippen molar-refractivity contribution in [3.8, 4) is 0 Å². The Bertz CT molecular complexity index is 252. The Balaban J connectivity index is 2.41. The van der Waals surface area contributed by atoms with Crippen LogP contribution in [0.15, 0.2) is 24.3 Å². The first-order chi connectivity index (χ1) is 6.22. The van der Waals surface area contributed by atoms with E-state index in [0.29, 0.717) is 0 Å². The highest BCUT2D eigenvalue weighted by Gasteiger charge is 2.13. The van der Waals surface area contributed by atoms with Gasteiger partial charge in [-0.25, -0.2) is 5.90 Å². The molecule has 13 heavy (non-hydrogen) atoms. The van der Waals surface area contributed by atoms with Crippen LogP contribution in [0.4, 0.5) is 0 Å². The Labute approximate surface area is 77.4 Å². The van der Waals surface area contributed by atoms with Gasteiger partial charge in [0.1, 0.15) is 0 Å². The first-order valence-corrected chi connectivity index (χ1v) is 3.93. The minimum atomic E-state index is -1.36. The number of benzene rings is 1. The van der Waals surface area contributed by atoms with E-state index in [2.05, 4.69) is 10.7 Å². The molecule has 0 atom stereocenters. The third-order valence-electron chi connectivity index (χ3n) is 1.63. The summed E-state index contributed by atoms with van der Waals surface area (Å²) < 4.78 is 8.85. The summed E-state index contributed by atoms with van der Waals surface area (Å²) in [7, 11) is -1.36. The lowest BCUT2D eigenvalue weighted by Crippen LogP contribution is -2.25. The molecule has 0 aliphatic carbocycles. The Kier molecular flexibility index (Phi) is 3.91. The summed E-state index contributed by atoms with van der Waals surface area (Å²) in [5.41, 5.74) is 2.14. The highest BCUT2D eigenvalue weighted by Crippen LogP contribution is 2.04. The lowest BCUT2D eigenvalue weighted by atomic mass is 10.1. The maximum atomic E-state index is 8.80. The molecule has 0 aliphatic heterocycles. The molecule has 70 valence electrons. The van der Waals surface area contributed by atoms with Gasteiger partial charge in [-0.1, -0.05) is 29.8 Å². The summed E-state index contributed by atoms with van der Waals surface area (Å²) in [6, 6.07) is 7.76. The third kappa shape index (κ3) is 3.56. The van der Waals surface area contributed by atoms with E-state index in [1.165, 1.54) is 5.56 Å². The van der Waals surface area contributed by atoms with Crippen LogP contribution >= 0.6 is 0 Å². The van der Waals surface area contributed by atoms with E-state index in [9.17, 15) is 0 Å². The summed E-state index contributed by atoms with van der Waals surface area (Å²) in [6.45, 7) is 2.28. The van der Waals surface area contributed by atoms with Crippen LogP contribution in [0, 0.1) is 6.92 Å². The van der Waals surface area contributed by atoms with Gasteiger partial charge in [-0.05, 0) is 12.5 Å². The predicted molar refractivity (Wildman–Crippen MR) is 49.2 cm³/mol.